The fourth-order valence-electron chi connectivity index (χ4n) is 3.39. The van der Waals surface area contributed by atoms with Crippen molar-refractivity contribution >= 4 is 22.8 Å². The maximum absolute atomic E-state index is 12.8. The van der Waals surface area contributed by atoms with Crippen molar-refractivity contribution in [3.63, 3.8) is 0 Å². The van der Waals surface area contributed by atoms with Crippen LogP contribution in [0.1, 0.15) is 16.8 Å². The molecule has 0 radical (unpaired) electrons. The van der Waals surface area contributed by atoms with E-state index < -0.39 is 5.97 Å². The van der Waals surface area contributed by atoms with Crippen LogP contribution in [0.2, 0.25) is 0 Å². The van der Waals surface area contributed by atoms with E-state index in [2.05, 4.69) is 5.32 Å². The van der Waals surface area contributed by atoms with Gasteiger partial charge in [-0.05, 0) is 29.8 Å². The van der Waals surface area contributed by atoms with Crippen LogP contribution >= 0.6 is 0 Å². The summed E-state index contributed by atoms with van der Waals surface area (Å²) in [5.74, 6) is -0.902. The molecule has 1 amide bonds. The van der Waals surface area contributed by atoms with Crippen molar-refractivity contribution in [3.8, 4) is 22.5 Å². The molecule has 1 aliphatic carbocycles. The van der Waals surface area contributed by atoms with Gasteiger partial charge in [-0.15, -0.1) is 0 Å². The zero-order valence-corrected chi connectivity index (χ0v) is 15.3. The fourth-order valence-corrected chi connectivity index (χ4v) is 3.39. The van der Waals surface area contributed by atoms with E-state index >= 15 is 0 Å². The summed E-state index contributed by atoms with van der Waals surface area (Å²) in [6.45, 7) is 0.0354. The minimum Gasteiger partial charge on any atom is -0.481 e. The van der Waals surface area contributed by atoms with Gasteiger partial charge in [-0.2, -0.15) is 0 Å². The Morgan fingerprint density at radius 3 is 2.52 bits per heavy atom. The van der Waals surface area contributed by atoms with E-state index in [4.69, 9.17) is 9.52 Å². The van der Waals surface area contributed by atoms with Gasteiger partial charge in [0.25, 0.3) is 5.91 Å². The number of carboxylic acids is 1. The Bertz CT molecular complexity index is 1260. The fraction of sp³-hybridized carbons (Fsp3) is 0.0870. The lowest BCUT2D eigenvalue weighted by Crippen LogP contribution is -2.26. The number of carboxylic acid groups (broad SMARTS) is 1. The Labute approximate surface area is 165 Å². The predicted molar refractivity (Wildman–Crippen MR) is 109 cm³/mol. The summed E-state index contributed by atoms with van der Waals surface area (Å²) in [6.07, 6.45) is -0.156. The lowest BCUT2D eigenvalue weighted by molar-refractivity contribution is -0.136. The van der Waals surface area contributed by atoms with E-state index in [1.807, 2.05) is 36.4 Å². The number of carbonyl (C=O) groups is 2. The molecule has 6 nitrogen and oxygen atoms in total. The highest BCUT2D eigenvalue weighted by Gasteiger charge is 2.21. The summed E-state index contributed by atoms with van der Waals surface area (Å²) in [4.78, 5) is 35.4. The van der Waals surface area contributed by atoms with Crippen LogP contribution in [0.15, 0.2) is 75.9 Å². The van der Waals surface area contributed by atoms with Crippen molar-refractivity contribution in [2.24, 2.45) is 0 Å². The first kappa shape index (κ1) is 18.4. The van der Waals surface area contributed by atoms with Crippen molar-refractivity contribution in [2.75, 3.05) is 6.54 Å². The molecule has 0 fully saturated rings. The number of nitrogens with one attached hydrogen (secondary N) is 1. The van der Waals surface area contributed by atoms with Crippen LogP contribution in [0.4, 0.5) is 0 Å². The minimum absolute atomic E-state index is 0.0354. The van der Waals surface area contributed by atoms with Crippen LogP contribution in [0, 0.1) is 0 Å². The van der Waals surface area contributed by atoms with E-state index in [0.717, 1.165) is 10.9 Å². The molecule has 0 saturated carbocycles. The largest absolute Gasteiger partial charge is 0.481 e. The normalized spacial score (nSPS) is 10.9. The van der Waals surface area contributed by atoms with Crippen LogP contribution in [-0.2, 0) is 4.79 Å². The van der Waals surface area contributed by atoms with Gasteiger partial charge in [0.15, 0.2) is 5.43 Å². The van der Waals surface area contributed by atoms with Crippen LogP contribution in [0.5, 0.6) is 0 Å². The Balaban J connectivity index is 1.92. The van der Waals surface area contributed by atoms with Gasteiger partial charge in [0.2, 0.25) is 0 Å². The molecule has 2 aromatic rings. The highest BCUT2D eigenvalue weighted by atomic mass is 16.4. The molecule has 6 heteroatoms. The Hall–Kier alpha value is -3.93. The summed E-state index contributed by atoms with van der Waals surface area (Å²) in [6, 6.07) is 19.1. The third kappa shape index (κ3) is 3.60. The molecule has 0 unspecified atom stereocenters. The van der Waals surface area contributed by atoms with E-state index in [9.17, 15) is 14.4 Å². The van der Waals surface area contributed by atoms with Crippen molar-refractivity contribution in [1.82, 2.24) is 5.32 Å². The Kier molecular flexibility index (Phi) is 4.83. The molecule has 0 spiro atoms. The number of amides is 1. The molecule has 2 N–H and O–H groups in total. The zero-order valence-electron chi connectivity index (χ0n) is 15.3. The van der Waals surface area contributed by atoms with E-state index in [1.165, 1.54) is 12.1 Å². The van der Waals surface area contributed by atoms with Gasteiger partial charge in [-0.25, -0.2) is 0 Å². The molecule has 4 rings (SSSR count). The van der Waals surface area contributed by atoms with Gasteiger partial charge >= 0.3 is 5.97 Å². The van der Waals surface area contributed by atoms with Crippen molar-refractivity contribution in [1.29, 1.82) is 0 Å². The lowest BCUT2D eigenvalue weighted by Gasteiger charge is -2.17. The standard InChI is InChI=1S/C23H17NO5/c25-14-9-10-18-20(13-14)29-19-8-4-3-7-17(19)22(18)15-5-1-2-6-16(15)23(28)24-12-11-21(26)27/h1-10,13H,11-12H2,(H,24,28)(H,26,27). The molecule has 0 saturated heterocycles. The van der Waals surface area contributed by atoms with Gasteiger partial charge in [-0.1, -0.05) is 36.4 Å². The number of aliphatic carboxylic acids is 1. The van der Waals surface area contributed by atoms with Gasteiger partial charge < -0.3 is 14.8 Å². The smallest absolute Gasteiger partial charge is 0.305 e. The van der Waals surface area contributed by atoms with E-state index in [1.54, 1.807) is 18.2 Å². The van der Waals surface area contributed by atoms with E-state index in [-0.39, 0.29) is 24.3 Å². The first-order chi connectivity index (χ1) is 14.0. The molecule has 0 bridgehead atoms. The van der Waals surface area contributed by atoms with Crippen molar-refractivity contribution < 1.29 is 19.1 Å². The number of benzene rings is 3. The number of para-hydroxylation sites is 1. The number of hydrogen-bond acceptors (Lipinski definition) is 4. The second kappa shape index (κ2) is 7.59. The number of rotatable bonds is 5. The van der Waals surface area contributed by atoms with Crippen LogP contribution in [-0.4, -0.2) is 23.5 Å². The maximum Gasteiger partial charge on any atom is 0.305 e. The molecule has 29 heavy (non-hydrogen) atoms. The molecule has 1 heterocycles. The second-order valence-corrected chi connectivity index (χ2v) is 6.58. The molecule has 0 atom stereocenters. The quantitative estimate of drug-likeness (QED) is 0.508. The van der Waals surface area contributed by atoms with Crippen LogP contribution < -0.4 is 10.7 Å². The van der Waals surface area contributed by atoms with Crippen LogP contribution in [0.25, 0.3) is 33.4 Å². The molecule has 2 aliphatic rings. The third-order valence-corrected chi connectivity index (χ3v) is 4.66. The molecule has 2 aromatic carbocycles. The summed E-state index contributed by atoms with van der Waals surface area (Å²) in [5.41, 5.74) is 3.03. The monoisotopic (exact) mass is 387 g/mol. The topological polar surface area (TPSA) is 96.6 Å². The Morgan fingerprint density at radius 1 is 0.931 bits per heavy atom. The highest BCUT2D eigenvalue weighted by molar-refractivity contribution is 6.09. The van der Waals surface area contributed by atoms with Crippen LogP contribution in [0.3, 0.4) is 0 Å². The van der Waals surface area contributed by atoms with Gasteiger partial charge in [0.1, 0.15) is 11.3 Å². The molecule has 0 aromatic heterocycles. The maximum atomic E-state index is 12.8. The van der Waals surface area contributed by atoms with Gasteiger partial charge in [0.05, 0.1) is 6.42 Å². The number of fused-ring (bicyclic) bond motifs is 2. The van der Waals surface area contributed by atoms with Crippen molar-refractivity contribution in [2.45, 2.75) is 6.42 Å². The summed E-state index contributed by atoms with van der Waals surface area (Å²) in [7, 11) is 0. The second-order valence-electron chi connectivity index (χ2n) is 6.58. The summed E-state index contributed by atoms with van der Waals surface area (Å²) < 4.78 is 5.91. The number of carbonyl (C=O) groups excluding carboxylic acids is 1. The molecular weight excluding hydrogens is 370 g/mol. The van der Waals surface area contributed by atoms with E-state index in [0.29, 0.717) is 28.0 Å². The average molecular weight is 387 g/mol. The first-order valence-electron chi connectivity index (χ1n) is 9.09. The Morgan fingerprint density at radius 2 is 1.69 bits per heavy atom. The first-order valence-corrected chi connectivity index (χ1v) is 9.09. The molecular formula is C23H17NO5. The molecule has 1 aliphatic heterocycles. The third-order valence-electron chi connectivity index (χ3n) is 4.66. The van der Waals surface area contributed by atoms with Crippen molar-refractivity contribution in [3.05, 3.63) is 82.5 Å². The SMILES string of the molecule is O=C(O)CCNC(=O)c1ccccc1-c1c2ccc(=O)cc-2oc2ccccc12. The zero-order chi connectivity index (χ0) is 20.4. The summed E-state index contributed by atoms with van der Waals surface area (Å²) >= 11 is 0. The predicted octanol–water partition coefficient (Wildman–Crippen LogP) is 3.77. The highest BCUT2D eigenvalue weighted by Crippen LogP contribution is 2.40. The minimum atomic E-state index is -0.978. The van der Waals surface area contributed by atoms with Gasteiger partial charge in [-0.3, -0.25) is 14.4 Å². The molecule has 144 valence electrons. The summed E-state index contributed by atoms with van der Waals surface area (Å²) in [5, 5.41) is 12.3. The lowest BCUT2D eigenvalue weighted by atomic mass is 9.90. The van der Waals surface area contributed by atoms with Gasteiger partial charge in [0, 0.05) is 34.7 Å². The average Bonchev–Trinajstić information content (AvgIpc) is 2.71. The number of hydrogen-bond donors (Lipinski definition) is 2.